The van der Waals surface area contributed by atoms with E-state index in [9.17, 15) is 8.42 Å². The van der Waals surface area contributed by atoms with Crippen LogP contribution in [0.5, 0.6) is 5.75 Å². The summed E-state index contributed by atoms with van der Waals surface area (Å²) < 4.78 is 35.4. The van der Waals surface area contributed by atoms with Crippen LogP contribution in [0.4, 0.5) is 5.69 Å². The number of sulfonamides is 1. The van der Waals surface area contributed by atoms with Gasteiger partial charge in [-0.1, -0.05) is 29.8 Å². The van der Waals surface area contributed by atoms with Gasteiger partial charge in [0.25, 0.3) is 10.0 Å². The Hall–Kier alpha value is -2.65. The van der Waals surface area contributed by atoms with Gasteiger partial charge in [-0.2, -0.15) is 0 Å². The van der Waals surface area contributed by atoms with E-state index < -0.39 is 10.0 Å². The molecule has 0 unspecified atom stereocenters. The van der Waals surface area contributed by atoms with Crippen molar-refractivity contribution in [2.45, 2.75) is 30.3 Å². The maximum atomic E-state index is 13.5. The molecule has 1 aromatic heterocycles. The van der Waals surface area contributed by atoms with E-state index in [0.29, 0.717) is 22.3 Å². The van der Waals surface area contributed by atoms with Crippen molar-refractivity contribution in [1.29, 1.82) is 0 Å². The van der Waals surface area contributed by atoms with E-state index in [0.717, 1.165) is 12.8 Å². The third-order valence-corrected chi connectivity index (χ3v) is 6.47. The number of nitrogens with zero attached hydrogens (tertiary/aromatic N) is 5. The Kier molecular flexibility index (Phi) is 4.94. The Morgan fingerprint density at radius 3 is 2.71 bits per heavy atom. The molecule has 146 valence electrons. The largest absolute Gasteiger partial charge is 0.495 e. The highest BCUT2D eigenvalue weighted by Gasteiger charge is 2.32. The minimum Gasteiger partial charge on any atom is -0.495 e. The van der Waals surface area contributed by atoms with Crippen LogP contribution in [-0.4, -0.2) is 35.7 Å². The van der Waals surface area contributed by atoms with Crippen LogP contribution in [0.3, 0.4) is 0 Å². The van der Waals surface area contributed by atoms with E-state index in [4.69, 9.17) is 16.3 Å². The van der Waals surface area contributed by atoms with Gasteiger partial charge in [-0.3, -0.25) is 4.31 Å². The van der Waals surface area contributed by atoms with Gasteiger partial charge in [-0.25, -0.2) is 13.1 Å². The molecule has 0 aliphatic heterocycles. The van der Waals surface area contributed by atoms with Crippen molar-refractivity contribution in [3.8, 4) is 5.75 Å². The van der Waals surface area contributed by atoms with E-state index in [1.54, 1.807) is 41.1 Å². The molecule has 0 saturated heterocycles. The molecule has 1 aliphatic rings. The second-order valence-corrected chi connectivity index (χ2v) is 8.71. The molecule has 1 fully saturated rings. The first-order valence-electron chi connectivity index (χ1n) is 8.69. The van der Waals surface area contributed by atoms with Crippen LogP contribution in [0.15, 0.2) is 53.4 Å². The molecule has 0 radical (unpaired) electrons. The molecule has 0 bridgehead atoms. The SMILES string of the molecule is COc1ccccc1N(Cc1nnnn1C1CC1)S(=O)(=O)c1cccc(Cl)c1. The first-order chi connectivity index (χ1) is 13.5. The summed E-state index contributed by atoms with van der Waals surface area (Å²) in [5.41, 5.74) is 0.398. The van der Waals surface area contributed by atoms with E-state index in [1.165, 1.54) is 23.5 Å². The summed E-state index contributed by atoms with van der Waals surface area (Å²) in [6.45, 7) is -0.0290. The summed E-state index contributed by atoms with van der Waals surface area (Å²) in [6, 6.07) is 13.3. The maximum absolute atomic E-state index is 13.5. The number of halogens is 1. The van der Waals surface area contributed by atoms with Crippen molar-refractivity contribution in [3.05, 3.63) is 59.4 Å². The molecule has 0 atom stereocenters. The molecule has 8 nitrogen and oxygen atoms in total. The number of aromatic nitrogens is 4. The Balaban J connectivity index is 1.82. The molecular formula is C18H18ClN5O3S. The quantitative estimate of drug-likeness (QED) is 0.584. The fourth-order valence-corrected chi connectivity index (χ4v) is 4.67. The Labute approximate surface area is 167 Å². The molecule has 1 saturated carbocycles. The molecule has 1 aliphatic carbocycles. The molecule has 0 amide bonds. The third kappa shape index (κ3) is 3.55. The molecule has 2 aromatic carbocycles. The zero-order valence-electron chi connectivity index (χ0n) is 15.1. The van der Waals surface area contributed by atoms with Crippen molar-refractivity contribution < 1.29 is 13.2 Å². The number of tetrazole rings is 1. The number of anilines is 1. The standard InChI is InChI=1S/C18H18ClN5O3S/c1-27-17-8-3-2-7-16(17)23(12-18-20-21-22-24(18)14-9-10-14)28(25,26)15-6-4-5-13(19)11-15/h2-8,11,14H,9-10,12H2,1H3. The van der Waals surface area contributed by atoms with Crippen LogP contribution >= 0.6 is 11.6 Å². The van der Waals surface area contributed by atoms with Gasteiger partial charge in [0, 0.05) is 5.02 Å². The molecule has 4 rings (SSSR count). The van der Waals surface area contributed by atoms with E-state index in [1.807, 2.05) is 0 Å². The van der Waals surface area contributed by atoms with Crippen molar-refractivity contribution in [2.75, 3.05) is 11.4 Å². The van der Waals surface area contributed by atoms with Gasteiger partial charge in [-0.05, 0) is 53.6 Å². The monoisotopic (exact) mass is 419 g/mol. The number of benzene rings is 2. The summed E-state index contributed by atoms with van der Waals surface area (Å²) in [5, 5.41) is 12.1. The number of hydrogen-bond donors (Lipinski definition) is 0. The third-order valence-electron chi connectivity index (χ3n) is 4.48. The first kappa shape index (κ1) is 18.7. The normalized spacial score (nSPS) is 14.1. The number of ether oxygens (including phenoxy) is 1. The first-order valence-corrected chi connectivity index (χ1v) is 10.5. The second kappa shape index (κ2) is 7.40. The lowest BCUT2D eigenvalue weighted by Gasteiger charge is -2.25. The van der Waals surface area contributed by atoms with Crippen LogP contribution in [0, 0.1) is 0 Å². The summed E-state index contributed by atoms with van der Waals surface area (Å²) in [4.78, 5) is 0.0800. The van der Waals surface area contributed by atoms with Crippen molar-refractivity contribution in [3.63, 3.8) is 0 Å². The predicted molar refractivity (Wildman–Crippen MR) is 104 cm³/mol. The molecular weight excluding hydrogens is 402 g/mol. The van der Waals surface area contributed by atoms with Crippen molar-refractivity contribution in [2.24, 2.45) is 0 Å². The van der Waals surface area contributed by atoms with Crippen LogP contribution in [0.25, 0.3) is 0 Å². The van der Waals surface area contributed by atoms with Gasteiger partial charge in [0.1, 0.15) is 5.75 Å². The highest BCUT2D eigenvalue weighted by Crippen LogP contribution is 2.37. The highest BCUT2D eigenvalue weighted by molar-refractivity contribution is 7.92. The molecule has 10 heteroatoms. The smallest absolute Gasteiger partial charge is 0.264 e. The fraction of sp³-hybridized carbons (Fsp3) is 0.278. The number of methoxy groups -OCH3 is 1. The Morgan fingerprint density at radius 1 is 1.21 bits per heavy atom. The molecule has 1 heterocycles. The van der Waals surface area contributed by atoms with Crippen molar-refractivity contribution >= 4 is 27.3 Å². The van der Waals surface area contributed by atoms with Crippen LogP contribution in [0.2, 0.25) is 5.02 Å². The maximum Gasteiger partial charge on any atom is 0.264 e. The van der Waals surface area contributed by atoms with Gasteiger partial charge in [-0.15, -0.1) is 5.10 Å². The number of rotatable bonds is 7. The molecule has 0 N–H and O–H groups in total. The van der Waals surface area contributed by atoms with E-state index in [-0.39, 0.29) is 17.5 Å². The molecule has 28 heavy (non-hydrogen) atoms. The summed E-state index contributed by atoms with van der Waals surface area (Å²) in [5.74, 6) is 0.901. The lowest BCUT2D eigenvalue weighted by atomic mass is 10.3. The zero-order valence-corrected chi connectivity index (χ0v) is 16.6. The molecule has 3 aromatic rings. The van der Waals surface area contributed by atoms with Crippen molar-refractivity contribution in [1.82, 2.24) is 20.2 Å². The van der Waals surface area contributed by atoms with E-state index >= 15 is 0 Å². The Morgan fingerprint density at radius 2 is 2.00 bits per heavy atom. The topological polar surface area (TPSA) is 90.2 Å². The molecule has 0 spiro atoms. The number of hydrogen-bond acceptors (Lipinski definition) is 6. The highest BCUT2D eigenvalue weighted by atomic mass is 35.5. The van der Waals surface area contributed by atoms with Crippen LogP contribution < -0.4 is 9.04 Å². The lowest BCUT2D eigenvalue weighted by molar-refractivity contribution is 0.415. The minimum absolute atomic E-state index is 0.0290. The lowest BCUT2D eigenvalue weighted by Crippen LogP contribution is -2.32. The second-order valence-electron chi connectivity index (χ2n) is 6.41. The van der Waals surface area contributed by atoms with Gasteiger partial charge in [0.15, 0.2) is 5.82 Å². The van der Waals surface area contributed by atoms with Gasteiger partial charge >= 0.3 is 0 Å². The van der Waals surface area contributed by atoms with Gasteiger partial charge in [0.2, 0.25) is 0 Å². The zero-order chi connectivity index (χ0) is 19.7. The van der Waals surface area contributed by atoms with E-state index in [2.05, 4.69) is 15.5 Å². The number of para-hydroxylation sites is 2. The summed E-state index contributed by atoms with van der Waals surface area (Å²) >= 11 is 6.03. The fourth-order valence-electron chi connectivity index (χ4n) is 2.94. The average Bonchev–Trinajstić information content (AvgIpc) is 3.44. The average molecular weight is 420 g/mol. The predicted octanol–water partition coefficient (Wildman–Crippen LogP) is 3.07. The summed E-state index contributed by atoms with van der Waals surface area (Å²) in [6.07, 6.45) is 1.96. The minimum atomic E-state index is -3.95. The summed E-state index contributed by atoms with van der Waals surface area (Å²) in [7, 11) is -2.45. The van der Waals surface area contributed by atoms with Gasteiger partial charge in [0.05, 0.1) is 30.3 Å². The Bertz CT molecular complexity index is 1100. The van der Waals surface area contributed by atoms with Crippen LogP contribution in [0.1, 0.15) is 24.7 Å². The van der Waals surface area contributed by atoms with Crippen LogP contribution in [-0.2, 0) is 16.6 Å². The van der Waals surface area contributed by atoms with Gasteiger partial charge < -0.3 is 4.74 Å².